The lowest BCUT2D eigenvalue weighted by Crippen LogP contribution is -2.42. The van der Waals surface area contributed by atoms with Gasteiger partial charge in [0.1, 0.15) is 45.0 Å². The van der Waals surface area contributed by atoms with Crippen molar-refractivity contribution >= 4 is 38.6 Å². The molecule has 7 rings (SSSR count). The SMILES string of the molecule is COc1cc(OCc2nc(C3(O)CCC4(CC3)OCCO4)sc2C)c2cc(-c3cn4nc(C)sc4n3)oc2c1. The van der Waals surface area contributed by atoms with Crippen LogP contribution in [0.1, 0.15) is 46.3 Å². The molecule has 0 unspecified atom stereocenters. The fourth-order valence-corrected chi connectivity index (χ4v) is 7.10. The third-order valence-electron chi connectivity index (χ3n) is 7.51. The Morgan fingerprint density at radius 1 is 1.05 bits per heavy atom. The molecule has 1 N–H and O–H groups in total. The molecule has 2 fully saturated rings. The maximum atomic E-state index is 11.4. The smallest absolute Gasteiger partial charge is 0.212 e. The van der Waals surface area contributed by atoms with Crippen LogP contribution in [0.15, 0.2) is 28.8 Å². The van der Waals surface area contributed by atoms with Gasteiger partial charge in [0, 0.05) is 29.9 Å². The summed E-state index contributed by atoms with van der Waals surface area (Å²) in [5.41, 5.74) is 1.15. The Labute approximate surface area is 232 Å². The molecule has 1 saturated heterocycles. The maximum Gasteiger partial charge on any atom is 0.212 e. The zero-order chi connectivity index (χ0) is 26.8. The van der Waals surface area contributed by atoms with Crippen molar-refractivity contribution in [2.75, 3.05) is 20.3 Å². The molecular weight excluding hydrogens is 540 g/mol. The molecule has 1 aliphatic heterocycles. The van der Waals surface area contributed by atoms with Crippen LogP contribution in [0.25, 0.3) is 27.4 Å². The van der Waals surface area contributed by atoms with Gasteiger partial charge >= 0.3 is 0 Å². The van der Waals surface area contributed by atoms with Crippen molar-refractivity contribution in [1.29, 1.82) is 0 Å². The standard InChI is InChI=1S/C27H28N4O6S2/c1-15-20(28-24(38-15)26(32)4-6-27(7-5-26)35-8-9-36-27)14-34-21-10-17(33-3)11-22-18(21)12-23(37-22)19-13-31-25(29-19)39-16(2)30-31/h10-13,32H,4-9,14H2,1-3H3. The Bertz CT molecular complexity index is 1640. The number of methoxy groups -OCH3 is 1. The molecule has 10 nitrogen and oxygen atoms in total. The Kier molecular flexibility index (Phi) is 5.94. The van der Waals surface area contributed by atoms with Gasteiger partial charge < -0.3 is 28.5 Å². The van der Waals surface area contributed by atoms with E-state index in [1.54, 1.807) is 11.6 Å². The third kappa shape index (κ3) is 4.40. The van der Waals surface area contributed by atoms with Gasteiger partial charge in [-0.3, -0.25) is 0 Å². The normalized spacial score (nSPS) is 18.5. The van der Waals surface area contributed by atoms with E-state index in [0.717, 1.165) is 30.9 Å². The van der Waals surface area contributed by atoms with E-state index in [1.807, 2.05) is 38.2 Å². The summed E-state index contributed by atoms with van der Waals surface area (Å²) in [6.07, 6.45) is 4.27. The summed E-state index contributed by atoms with van der Waals surface area (Å²) in [5.74, 6) is 1.34. The third-order valence-corrected chi connectivity index (χ3v) is 9.56. The first-order valence-corrected chi connectivity index (χ1v) is 14.5. The minimum absolute atomic E-state index is 0.251. The van der Waals surface area contributed by atoms with Crippen LogP contribution in [0.3, 0.4) is 0 Å². The number of aryl methyl sites for hydroxylation is 2. The van der Waals surface area contributed by atoms with Crippen LogP contribution in [0.4, 0.5) is 0 Å². The van der Waals surface area contributed by atoms with E-state index < -0.39 is 11.4 Å². The molecular formula is C27H28N4O6S2. The summed E-state index contributed by atoms with van der Waals surface area (Å²) < 4.78 is 31.4. The average molecular weight is 569 g/mol. The van der Waals surface area contributed by atoms with E-state index in [-0.39, 0.29) is 6.61 Å². The van der Waals surface area contributed by atoms with Gasteiger partial charge in [-0.25, -0.2) is 14.5 Å². The lowest BCUT2D eigenvalue weighted by molar-refractivity contribution is -0.204. The maximum absolute atomic E-state index is 11.4. The van der Waals surface area contributed by atoms with Crippen molar-refractivity contribution < 1.29 is 28.5 Å². The molecule has 1 spiro atoms. The van der Waals surface area contributed by atoms with Crippen LogP contribution in [-0.4, -0.2) is 50.8 Å². The number of ether oxygens (including phenoxy) is 4. The number of thiazole rings is 1. The molecule has 1 aliphatic carbocycles. The van der Waals surface area contributed by atoms with Gasteiger partial charge in [0.15, 0.2) is 11.5 Å². The summed E-state index contributed by atoms with van der Waals surface area (Å²) in [6.45, 7) is 5.44. The van der Waals surface area contributed by atoms with Gasteiger partial charge in [-0.1, -0.05) is 11.3 Å². The first kappa shape index (κ1) is 25.0. The number of benzene rings is 1. The number of rotatable bonds is 6. The summed E-state index contributed by atoms with van der Waals surface area (Å²) in [6, 6.07) is 5.61. The molecule has 0 amide bonds. The molecule has 12 heteroatoms. The van der Waals surface area contributed by atoms with Crippen LogP contribution < -0.4 is 9.47 Å². The Balaban J connectivity index is 1.13. The van der Waals surface area contributed by atoms with Crippen molar-refractivity contribution in [3.63, 3.8) is 0 Å². The van der Waals surface area contributed by atoms with Gasteiger partial charge in [0.05, 0.1) is 37.6 Å². The lowest BCUT2D eigenvalue weighted by atomic mass is 9.81. The zero-order valence-electron chi connectivity index (χ0n) is 21.9. The summed E-state index contributed by atoms with van der Waals surface area (Å²) in [5, 5.41) is 18.4. The number of aliphatic hydroxyl groups is 1. The number of nitrogens with zero attached hydrogens (tertiary/aromatic N) is 4. The van der Waals surface area contributed by atoms with Crippen LogP contribution in [-0.2, 0) is 21.7 Å². The second-order valence-corrected chi connectivity index (χ2v) is 12.4. The van der Waals surface area contributed by atoms with E-state index >= 15 is 0 Å². The van der Waals surface area contributed by atoms with Gasteiger partial charge in [-0.05, 0) is 32.8 Å². The number of fused-ring (bicyclic) bond motifs is 2. The topological polar surface area (TPSA) is 113 Å². The number of hydrogen-bond acceptors (Lipinski definition) is 11. The van der Waals surface area contributed by atoms with Crippen LogP contribution in [0, 0.1) is 13.8 Å². The quantitative estimate of drug-likeness (QED) is 0.289. The molecule has 1 saturated carbocycles. The first-order chi connectivity index (χ1) is 18.8. The van der Waals surface area contributed by atoms with Gasteiger partial charge in [-0.2, -0.15) is 5.10 Å². The largest absolute Gasteiger partial charge is 0.496 e. The molecule has 0 bridgehead atoms. The van der Waals surface area contributed by atoms with Crippen LogP contribution in [0.5, 0.6) is 11.5 Å². The molecule has 2 aliphatic rings. The fraction of sp³-hybridized carbons (Fsp3) is 0.444. The van der Waals surface area contributed by atoms with E-state index in [1.165, 1.54) is 22.7 Å². The fourth-order valence-electron chi connectivity index (χ4n) is 5.32. The molecule has 0 atom stereocenters. The van der Waals surface area contributed by atoms with Crippen molar-refractivity contribution in [3.05, 3.63) is 45.0 Å². The molecule has 39 heavy (non-hydrogen) atoms. The molecule has 5 heterocycles. The highest BCUT2D eigenvalue weighted by atomic mass is 32.1. The predicted molar refractivity (Wildman–Crippen MR) is 146 cm³/mol. The minimum Gasteiger partial charge on any atom is -0.496 e. The van der Waals surface area contributed by atoms with Crippen LogP contribution >= 0.6 is 22.7 Å². The molecule has 5 aromatic rings. The molecule has 0 radical (unpaired) electrons. The zero-order valence-corrected chi connectivity index (χ0v) is 23.5. The molecule has 1 aromatic carbocycles. The summed E-state index contributed by atoms with van der Waals surface area (Å²) >= 11 is 3.05. The highest BCUT2D eigenvalue weighted by Crippen LogP contribution is 2.46. The Hall–Kier alpha value is -3.03. The Morgan fingerprint density at radius 2 is 1.85 bits per heavy atom. The minimum atomic E-state index is -0.983. The molecule has 204 valence electrons. The van der Waals surface area contributed by atoms with E-state index in [2.05, 4.69) is 10.1 Å². The number of imidazole rings is 1. The van der Waals surface area contributed by atoms with Gasteiger partial charge in [-0.15, -0.1) is 11.3 Å². The van der Waals surface area contributed by atoms with Gasteiger partial charge in [0.25, 0.3) is 0 Å². The highest BCUT2D eigenvalue weighted by molar-refractivity contribution is 7.16. The monoisotopic (exact) mass is 568 g/mol. The molecule has 4 aromatic heterocycles. The second-order valence-electron chi connectivity index (χ2n) is 10.1. The lowest BCUT2D eigenvalue weighted by Gasteiger charge is -2.39. The number of furan rings is 1. The highest BCUT2D eigenvalue weighted by Gasteiger charge is 2.47. The predicted octanol–water partition coefficient (Wildman–Crippen LogP) is 5.37. The number of hydrogen-bond donors (Lipinski definition) is 1. The average Bonchev–Trinajstić information content (AvgIpc) is 3.73. The first-order valence-electron chi connectivity index (χ1n) is 12.9. The van der Waals surface area contributed by atoms with Crippen LogP contribution in [0.2, 0.25) is 0 Å². The van der Waals surface area contributed by atoms with Gasteiger partial charge in [0.2, 0.25) is 4.96 Å². The summed E-state index contributed by atoms with van der Waals surface area (Å²) in [4.78, 5) is 11.3. The van der Waals surface area contributed by atoms with Crippen molar-refractivity contribution in [2.24, 2.45) is 0 Å². The Morgan fingerprint density at radius 3 is 2.59 bits per heavy atom. The summed E-state index contributed by atoms with van der Waals surface area (Å²) in [7, 11) is 1.61. The van der Waals surface area contributed by atoms with E-state index in [4.69, 9.17) is 28.3 Å². The van der Waals surface area contributed by atoms with E-state index in [9.17, 15) is 5.11 Å². The number of aromatic nitrogens is 4. The van der Waals surface area contributed by atoms with E-state index in [0.29, 0.717) is 67.4 Å². The van der Waals surface area contributed by atoms with Crippen molar-refractivity contribution in [3.8, 4) is 23.0 Å². The van der Waals surface area contributed by atoms with Crippen molar-refractivity contribution in [2.45, 2.75) is 57.5 Å². The van der Waals surface area contributed by atoms with Crippen molar-refractivity contribution in [1.82, 2.24) is 19.6 Å². The second kappa shape index (κ2) is 9.27.